The van der Waals surface area contributed by atoms with Crippen molar-refractivity contribution in [2.75, 3.05) is 7.11 Å². The summed E-state index contributed by atoms with van der Waals surface area (Å²) in [4.78, 5) is 10.8. The number of carboxylic acid groups (broad SMARTS) is 1. The zero-order valence-corrected chi connectivity index (χ0v) is 13.8. The maximum Gasteiger partial charge on any atom is 0.307 e. The molecule has 0 saturated carbocycles. The first kappa shape index (κ1) is 16.6. The summed E-state index contributed by atoms with van der Waals surface area (Å²) in [5.74, 6) is 1.26. The van der Waals surface area contributed by atoms with E-state index >= 15 is 0 Å². The molecule has 126 valence electrons. The third-order valence-corrected chi connectivity index (χ3v) is 3.75. The summed E-state index contributed by atoms with van der Waals surface area (Å²) >= 11 is 0. The summed E-state index contributed by atoms with van der Waals surface area (Å²) < 4.78 is 11.1. The molecule has 0 radical (unpaired) electrons. The third kappa shape index (κ3) is 4.38. The predicted molar refractivity (Wildman–Crippen MR) is 96.3 cm³/mol. The van der Waals surface area contributed by atoms with Crippen LogP contribution < -0.4 is 9.47 Å². The zero-order chi connectivity index (χ0) is 17.6. The Labute approximate surface area is 146 Å². The summed E-state index contributed by atoms with van der Waals surface area (Å²) in [6, 6.07) is 22.7. The van der Waals surface area contributed by atoms with Gasteiger partial charge in [0.1, 0.15) is 17.2 Å². The monoisotopic (exact) mass is 334 g/mol. The average molecular weight is 334 g/mol. The Kier molecular flexibility index (Phi) is 5.00. The smallest absolute Gasteiger partial charge is 0.307 e. The largest absolute Gasteiger partial charge is 0.497 e. The average Bonchev–Trinajstić information content (AvgIpc) is 2.62. The normalized spacial score (nSPS) is 10.3. The second-order valence-electron chi connectivity index (χ2n) is 5.58. The number of carboxylic acids is 1. The predicted octanol–water partition coefficient (Wildman–Crippen LogP) is 4.78. The van der Waals surface area contributed by atoms with E-state index in [0.717, 1.165) is 16.9 Å². The lowest BCUT2D eigenvalue weighted by Crippen LogP contribution is -1.99. The molecular weight excluding hydrogens is 316 g/mol. The van der Waals surface area contributed by atoms with E-state index in [0.29, 0.717) is 17.1 Å². The Bertz CT molecular complexity index is 869. The standard InChI is InChI=1S/C21H18O4/c1-24-18-10-8-16(9-11-18)17-5-3-7-20(14-17)25-19-6-2-4-15(12-19)13-21(22)23/h2-12,14H,13H2,1H3,(H,22,23). The number of ether oxygens (including phenoxy) is 2. The van der Waals surface area contributed by atoms with Crippen LogP contribution in [0, 0.1) is 0 Å². The van der Waals surface area contributed by atoms with E-state index in [1.165, 1.54) is 0 Å². The fourth-order valence-corrected chi connectivity index (χ4v) is 2.55. The Morgan fingerprint density at radius 2 is 1.52 bits per heavy atom. The SMILES string of the molecule is COc1ccc(-c2cccc(Oc3cccc(CC(=O)O)c3)c2)cc1. The van der Waals surface area contributed by atoms with Crippen LogP contribution in [0.4, 0.5) is 0 Å². The molecule has 0 fully saturated rings. The fraction of sp³-hybridized carbons (Fsp3) is 0.0952. The maximum atomic E-state index is 10.8. The molecule has 4 nitrogen and oxygen atoms in total. The van der Waals surface area contributed by atoms with E-state index in [2.05, 4.69) is 0 Å². The second kappa shape index (κ2) is 7.53. The Morgan fingerprint density at radius 3 is 2.20 bits per heavy atom. The van der Waals surface area contributed by atoms with Crippen LogP contribution >= 0.6 is 0 Å². The van der Waals surface area contributed by atoms with E-state index in [1.54, 1.807) is 25.3 Å². The van der Waals surface area contributed by atoms with Crippen molar-refractivity contribution in [1.82, 2.24) is 0 Å². The summed E-state index contributed by atoms with van der Waals surface area (Å²) in [7, 11) is 1.64. The van der Waals surface area contributed by atoms with Crippen molar-refractivity contribution >= 4 is 5.97 Å². The van der Waals surface area contributed by atoms with Gasteiger partial charge in [0.15, 0.2) is 0 Å². The first-order valence-electron chi connectivity index (χ1n) is 7.87. The van der Waals surface area contributed by atoms with Crippen molar-refractivity contribution in [3.05, 3.63) is 78.4 Å². The van der Waals surface area contributed by atoms with Crippen molar-refractivity contribution in [3.8, 4) is 28.4 Å². The van der Waals surface area contributed by atoms with Crippen molar-refractivity contribution in [2.24, 2.45) is 0 Å². The van der Waals surface area contributed by atoms with Crippen LogP contribution in [0.3, 0.4) is 0 Å². The summed E-state index contributed by atoms with van der Waals surface area (Å²) in [5, 5.41) is 8.90. The molecule has 0 unspecified atom stereocenters. The number of benzene rings is 3. The van der Waals surface area contributed by atoms with Gasteiger partial charge in [0.25, 0.3) is 0 Å². The van der Waals surface area contributed by atoms with E-state index < -0.39 is 5.97 Å². The van der Waals surface area contributed by atoms with E-state index in [1.807, 2.05) is 54.6 Å². The minimum absolute atomic E-state index is 0.0247. The van der Waals surface area contributed by atoms with Gasteiger partial charge in [-0.15, -0.1) is 0 Å². The summed E-state index contributed by atoms with van der Waals surface area (Å²) in [5.41, 5.74) is 2.80. The topological polar surface area (TPSA) is 55.8 Å². The van der Waals surface area contributed by atoms with Gasteiger partial charge in [-0.3, -0.25) is 4.79 Å². The summed E-state index contributed by atoms with van der Waals surface area (Å²) in [6.07, 6.45) is -0.0247. The quantitative estimate of drug-likeness (QED) is 0.705. The van der Waals surface area contributed by atoms with Gasteiger partial charge >= 0.3 is 5.97 Å². The molecule has 4 heteroatoms. The molecule has 0 aliphatic heterocycles. The van der Waals surface area contributed by atoms with Crippen LogP contribution in [-0.4, -0.2) is 18.2 Å². The molecule has 3 aromatic rings. The number of aliphatic carboxylic acids is 1. The van der Waals surface area contributed by atoms with Crippen molar-refractivity contribution < 1.29 is 19.4 Å². The third-order valence-electron chi connectivity index (χ3n) is 3.75. The molecule has 0 aromatic heterocycles. The number of hydrogen-bond acceptors (Lipinski definition) is 3. The molecule has 0 saturated heterocycles. The van der Waals surface area contributed by atoms with E-state index in [9.17, 15) is 4.79 Å². The molecule has 3 rings (SSSR count). The number of rotatable bonds is 6. The molecule has 0 heterocycles. The molecule has 0 atom stereocenters. The number of hydrogen-bond donors (Lipinski definition) is 1. The zero-order valence-electron chi connectivity index (χ0n) is 13.8. The molecule has 0 amide bonds. The lowest BCUT2D eigenvalue weighted by Gasteiger charge is -2.09. The minimum Gasteiger partial charge on any atom is -0.497 e. The van der Waals surface area contributed by atoms with Gasteiger partial charge in [-0.1, -0.05) is 36.4 Å². The molecule has 0 bridgehead atoms. The van der Waals surface area contributed by atoms with Gasteiger partial charge in [-0.05, 0) is 53.1 Å². The van der Waals surface area contributed by atoms with Crippen LogP contribution in [0.25, 0.3) is 11.1 Å². The van der Waals surface area contributed by atoms with Crippen molar-refractivity contribution in [3.63, 3.8) is 0 Å². The Hall–Kier alpha value is -3.27. The second-order valence-corrected chi connectivity index (χ2v) is 5.58. The van der Waals surface area contributed by atoms with Crippen LogP contribution in [0.15, 0.2) is 72.8 Å². The number of carbonyl (C=O) groups is 1. The summed E-state index contributed by atoms with van der Waals surface area (Å²) in [6.45, 7) is 0. The van der Waals surface area contributed by atoms with Crippen LogP contribution in [0.5, 0.6) is 17.2 Å². The fourth-order valence-electron chi connectivity index (χ4n) is 2.55. The van der Waals surface area contributed by atoms with Gasteiger partial charge in [0, 0.05) is 0 Å². The lowest BCUT2D eigenvalue weighted by atomic mass is 10.1. The molecular formula is C21H18O4. The molecule has 0 aliphatic rings. The number of methoxy groups -OCH3 is 1. The van der Waals surface area contributed by atoms with Gasteiger partial charge in [0.05, 0.1) is 13.5 Å². The lowest BCUT2D eigenvalue weighted by molar-refractivity contribution is -0.136. The minimum atomic E-state index is -0.862. The highest BCUT2D eigenvalue weighted by atomic mass is 16.5. The molecule has 0 aliphatic carbocycles. The molecule has 1 N–H and O–H groups in total. The Morgan fingerprint density at radius 1 is 0.840 bits per heavy atom. The maximum absolute atomic E-state index is 10.8. The van der Waals surface area contributed by atoms with Crippen LogP contribution in [0.2, 0.25) is 0 Å². The highest BCUT2D eigenvalue weighted by Gasteiger charge is 2.05. The van der Waals surface area contributed by atoms with E-state index in [-0.39, 0.29) is 6.42 Å². The first-order valence-corrected chi connectivity index (χ1v) is 7.87. The highest BCUT2D eigenvalue weighted by Crippen LogP contribution is 2.28. The van der Waals surface area contributed by atoms with Gasteiger partial charge < -0.3 is 14.6 Å². The van der Waals surface area contributed by atoms with Gasteiger partial charge in [-0.25, -0.2) is 0 Å². The first-order chi connectivity index (χ1) is 12.1. The Balaban J connectivity index is 1.80. The van der Waals surface area contributed by atoms with Gasteiger partial charge in [0.2, 0.25) is 0 Å². The molecule has 25 heavy (non-hydrogen) atoms. The van der Waals surface area contributed by atoms with Crippen LogP contribution in [-0.2, 0) is 11.2 Å². The molecule has 0 spiro atoms. The van der Waals surface area contributed by atoms with Gasteiger partial charge in [-0.2, -0.15) is 0 Å². The molecule has 3 aromatic carbocycles. The van der Waals surface area contributed by atoms with E-state index in [4.69, 9.17) is 14.6 Å². The van der Waals surface area contributed by atoms with Crippen molar-refractivity contribution in [2.45, 2.75) is 6.42 Å². The van der Waals surface area contributed by atoms with Crippen LogP contribution in [0.1, 0.15) is 5.56 Å². The highest BCUT2D eigenvalue weighted by molar-refractivity contribution is 5.70. The van der Waals surface area contributed by atoms with Crippen molar-refractivity contribution in [1.29, 1.82) is 0 Å².